The Morgan fingerprint density at radius 3 is 2.57 bits per heavy atom. The Bertz CT molecular complexity index is 796. The van der Waals surface area contributed by atoms with Gasteiger partial charge in [0.25, 0.3) is 0 Å². The number of hydrogen-bond acceptors (Lipinski definition) is 1. The van der Waals surface area contributed by atoms with Crippen LogP contribution in [0.4, 0.5) is 8.78 Å². The summed E-state index contributed by atoms with van der Waals surface area (Å²) in [5.41, 5.74) is 1.91. The average molecular weight is 415 g/mol. The van der Waals surface area contributed by atoms with Crippen LogP contribution in [-0.4, -0.2) is 6.61 Å². The minimum absolute atomic E-state index is 0.0568. The van der Waals surface area contributed by atoms with E-state index >= 15 is 0 Å². The summed E-state index contributed by atoms with van der Waals surface area (Å²) in [7, 11) is 0. The first kappa shape index (κ1) is 21.6. The molecule has 0 saturated heterocycles. The molecule has 2 fully saturated rings. The number of rotatable bonds is 6. The van der Waals surface area contributed by atoms with Crippen molar-refractivity contribution in [2.24, 2.45) is 29.6 Å². The van der Waals surface area contributed by atoms with E-state index in [4.69, 9.17) is 4.74 Å². The van der Waals surface area contributed by atoms with Crippen LogP contribution in [0.5, 0.6) is 5.75 Å². The van der Waals surface area contributed by atoms with Crippen molar-refractivity contribution in [2.45, 2.75) is 71.6 Å². The molecule has 3 aliphatic rings. The minimum atomic E-state index is -0.848. The number of aryl methyl sites for hydroxylation is 1. The lowest BCUT2D eigenvalue weighted by atomic mass is 9.63. The summed E-state index contributed by atoms with van der Waals surface area (Å²) in [6.07, 6.45) is 18.6. The predicted octanol–water partition coefficient (Wildman–Crippen LogP) is 7.79. The number of halogens is 2. The largest absolute Gasteiger partial charge is 0.490 e. The van der Waals surface area contributed by atoms with Crippen molar-refractivity contribution in [3.8, 4) is 5.75 Å². The van der Waals surface area contributed by atoms with Crippen molar-refractivity contribution in [2.75, 3.05) is 6.61 Å². The van der Waals surface area contributed by atoms with E-state index in [1.807, 2.05) is 0 Å². The van der Waals surface area contributed by atoms with Crippen LogP contribution < -0.4 is 4.74 Å². The van der Waals surface area contributed by atoms with Gasteiger partial charge in [-0.15, -0.1) is 0 Å². The quantitative estimate of drug-likeness (QED) is 0.462. The molecule has 5 atom stereocenters. The van der Waals surface area contributed by atoms with Gasteiger partial charge in [-0.25, -0.2) is 4.39 Å². The smallest absolute Gasteiger partial charge is 0.200 e. The molecule has 0 bridgehead atoms. The molecule has 0 amide bonds. The fourth-order valence-corrected chi connectivity index (χ4v) is 5.96. The summed E-state index contributed by atoms with van der Waals surface area (Å²) in [6, 6.07) is 3.14. The maximum absolute atomic E-state index is 14.1. The minimum Gasteiger partial charge on any atom is -0.490 e. The van der Waals surface area contributed by atoms with Crippen LogP contribution in [0.25, 0.3) is 0 Å². The van der Waals surface area contributed by atoms with E-state index in [0.717, 1.165) is 30.1 Å². The molecule has 3 aliphatic carbocycles. The van der Waals surface area contributed by atoms with E-state index in [1.54, 1.807) is 24.6 Å². The summed E-state index contributed by atoms with van der Waals surface area (Å²) in [5, 5.41) is 0. The number of ether oxygens (including phenoxy) is 1. The molecule has 0 aliphatic heterocycles. The Kier molecular flexibility index (Phi) is 6.95. The summed E-state index contributed by atoms with van der Waals surface area (Å²) in [4.78, 5) is 0. The molecule has 0 heterocycles. The molecule has 0 aromatic heterocycles. The van der Waals surface area contributed by atoms with Crippen molar-refractivity contribution < 1.29 is 13.5 Å². The highest BCUT2D eigenvalue weighted by Crippen LogP contribution is 2.47. The Morgan fingerprint density at radius 1 is 1.00 bits per heavy atom. The third kappa shape index (κ3) is 4.81. The van der Waals surface area contributed by atoms with Gasteiger partial charge in [0.15, 0.2) is 11.6 Å². The highest BCUT2D eigenvalue weighted by Gasteiger charge is 2.36. The zero-order valence-electron chi connectivity index (χ0n) is 18.5. The summed E-state index contributed by atoms with van der Waals surface area (Å²) in [5.74, 6) is 1.94. The van der Waals surface area contributed by atoms with Crippen molar-refractivity contribution in [3.05, 3.63) is 53.1 Å². The Balaban J connectivity index is 1.27. The molecule has 30 heavy (non-hydrogen) atoms. The molecule has 1 nitrogen and oxygen atoms in total. The van der Waals surface area contributed by atoms with Gasteiger partial charge in [0.2, 0.25) is 5.82 Å². The molecule has 1 aromatic rings. The van der Waals surface area contributed by atoms with Gasteiger partial charge in [0.1, 0.15) is 0 Å². The van der Waals surface area contributed by atoms with Crippen LogP contribution in [0.15, 0.2) is 35.9 Å². The van der Waals surface area contributed by atoms with E-state index in [9.17, 15) is 8.78 Å². The molecule has 0 spiro atoms. The van der Waals surface area contributed by atoms with E-state index in [0.29, 0.717) is 18.1 Å². The van der Waals surface area contributed by atoms with Gasteiger partial charge in [-0.2, -0.15) is 4.39 Å². The molecule has 5 unspecified atom stereocenters. The number of hydrogen-bond donors (Lipinski definition) is 0. The second-order valence-electron chi connectivity index (χ2n) is 9.88. The predicted molar refractivity (Wildman–Crippen MR) is 118 cm³/mol. The molecule has 164 valence electrons. The van der Waals surface area contributed by atoms with Gasteiger partial charge in [0.05, 0.1) is 6.61 Å². The molecule has 0 radical (unpaired) electrons. The average Bonchev–Trinajstić information content (AvgIpc) is 2.77. The van der Waals surface area contributed by atoms with Gasteiger partial charge in [-0.1, -0.05) is 37.6 Å². The lowest BCUT2D eigenvalue weighted by molar-refractivity contribution is 0.0838. The van der Waals surface area contributed by atoms with Gasteiger partial charge in [-0.3, -0.25) is 0 Å². The Morgan fingerprint density at radius 2 is 1.80 bits per heavy atom. The Hall–Kier alpha value is -1.64. The number of allylic oxidation sites excluding steroid dienone is 4. The van der Waals surface area contributed by atoms with Crippen LogP contribution in [0, 0.1) is 48.1 Å². The third-order valence-corrected chi connectivity index (χ3v) is 7.78. The summed E-state index contributed by atoms with van der Waals surface area (Å²) < 4.78 is 33.5. The van der Waals surface area contributed by atoms with Crippen LogP contribution in [0.3, 0.4) is 0 Å². The molecular weight excluding hydrogens is 378 g/mol. The summed E-state index contributed by atoms with van der Waals surface area (Å²) >= 11 is 0. The maximum atomic E-state index is 14.1. The fraction of sp³-hybridized carbons (Fsp3) is 0.630. The normalized spacial score (nSPS) is 31.2. The van der Waals surface area contributed by atoms with Crippen LogP contribution >= 0.6 is 0 Å². The van der Waals surface area contributed by atoms with Crippen molar-refractivity contribution in [1.29, 1.82) is 0 Å². The molecular formula is C27H36F2O. The lowest BCUT2D eigenvalue weighted by Crippen LogP contribution is -2.33. The Labute approximate surface area is 180 Å². The molecule has 4 rings (SSSR count). The van der Waals surface area contributed by atoms with Gasteiger partial charge in [-0.05, 0) is 105 Å². The monoisotopic (exact) mass is 414 g/mol. The first-order valence-corrected chi connectivity index (χ1v) is 12.0. The van der Waals surface area contributed by atoms with E-state index < -0.39 is 11.6 Å². The first-order valence-electron chi connectivity index (χ1n) is 12.0. The fourth-order valence-electron chi connectivity index (χ4n) is 5.96. The van der Waals surface area contributed by atoms with Gasteiger partial charge >= 0.3 is 0 Å². The molecule has 2 saturated carbocycles. The number of fused-ring (bicyclic) bond motifs is 1. The summed E-state index contributed by atoms with van der Waals surface area (Å²) in [6.45, 7) is 4.34. The van der Waals surface area contributed by atoms with E-state index in [1.165, 1.54) is 51.4 Å². The second kappa shape index (κ2) is 9.66. The molecule has 1 aromatic carbocycles. The van der Waals surface area contributed by atoms with Crippen LogP contribution in [0.1, 0.15) is 70.3 Å². The first-order chi connectivity index (χ1) is 14.5. The molecule has 3 heteroatoms. The standard InChI is InChI=1S/C27H36F2O/c1-3-4-19-6-9-21(10-7-19)23-13-12-22-15-20(8-11-24(22)16-23)17-30-25-14-5-18(2)26(28)27(25)29/h5-6,9-10,14,19-20,22-24H,3-4,7-8,11-13,15-17H2,1-2H3. The van der Waals surface area contributed by atoms with Crippen molar-refractivity contribution in [3.63, 3.8) is 0 Å². The SMILES string of the molecule is CCCC1C=CC(C2CCC3CC(COc4ccc(C)c(F)c4F)CCC3C2)=CC1. The van der Waals surface area contributed by atoms with Crippen LogP contribution in [-0.2, 0) is 0 Å². The van der Waals surface area contributed by atoms with E-state index in [-0.39, 0.29) is 5.75 Å². The topological polar surface area (TPSA) is 9.23 Å². The molecule has 0 N–H and O–H groups in total. The van der Waals surface area contributed by atoms with E-state index in [2.05, 4.69) is 25.2 Å². The highest BCUT2D eigenvalue weighted by atomic mass is 19.2. The second-order valence-corrected chi connectivity index (χ2v) is 9.88. The zero-order chi connectivity index (χ0) is 21.1. The van der Waals surface area contributed by atoms with Gasteiger partial charge in [0, 0.05) is 0 Å². The highest BCUT2D eigenvalue weighted by molar-refractivity contribution is 5.30. The van der Waals surface area contributed by atoms with Crippen molar-refractivity contribution >= 4 is 0 Å². The van der Waals surface area contributed by atoms with Gasteiger partial charge < -0.3 is 4.74 Å². The third-order valence-electron chi connectivity index (χ3n) is 7.78. The maximum Gasteiger partial charge on any atom is 0.200 e. The van der Waals surface area contributed by atoms with Crippen LogP contribution in [0.2, 0.25) is 0 Å². The lowest BCUT2D eigenvalue weighted by Gasteiger charge is -2.42. The zero-order valence-corrected chi connectivity index (χ0v) is 18.5. The number of benzene rings is 1. The van der Waals surface area contributed by atoms with Crippen molar-refractivity contribution in [1.82, 2.24) is 0 Å².